The summed E-state index contributed by atoms with van der Waals surface area (Å²) in [6.45, 7) is 4.31. The van der Waals surface area contributed by atoms with Crippen LogP contribution >= 0.6 is 0 Å². The number of benzene rings is 1. The molecule has 0 heterocycles. The van der Waals surface area contributed by atoms with Crippen LogP contribution in [0.1, 0.15) is 37.0 Å². The van der Waals surface area contributed by atoms with E-state index in [2.05, 4.69) is 16.0 Å². The van der Waals surface area contributed by atoms with Crippen LogP contribution in [-0.4, -0.2) is 30.3 Å². The number of para-hydroxylation sites is 1. The third-order valence-corrected chi connectivity index (χ3v) is 3.21. The Bertz CT molecular complexity index is 580. The van der Waals surface area contributed by atoms with Crippen molar-refractivity contribution in [3.05, 3.63) is 29.8 Å². The molecule has 1 aliphatic carbocycles. The Morgan fingerprint density at radius 3 is 2.45 bits per heavy atom. The van der Waals surface area contributed by atoms with Crippen LogP contribution in [0, 0.1) is 5.92 Å². The Morgan fingerprint density at radius 2 is 1.82 bits per heavy atom. The normalized spacial score (nSPS) is 13.6. The first-order chi connectivity index (χ1) is 10.5. The van der Waals surface area contributed by atoms with E-state index in [0.29, 0.717) is 17.8 Å². The maximum atomic E-state index is 12.1. The molecule has 22 heavy (non-hydrogen) atoms. The van der Waals surface area contributed by atoms with Crippen molar-refractivity contribution in [1.82, 2.24) is 10.6 Å². The molecule has 3 N–H and O–H groups in total. The van der Waals surface area contributed by atoms with Crippen molar-refractivity contribution in [2.75, 3.05) is 11.9 Å². The summed E-state index contributed by atoms with van der Waals surface area (Å²) in [5, 5.41) is 7.90. The SMILES string of the molecule is CC(C)CNC(=O)C(=O)Nc1ccccc1C(=O)NC1CC1. The van der Waals surface area contributed by atoms with Gasteiger partial charge in [-0.3, -0.25) is 14.4 Å². The summed E-state index contributed by atoms with van der Waals surface area (Å²) in [5.41, 5.74) is 0.699. The highest BCUT2D eigenvalue weighted by atomic mass is 16.2. The van der Waals surface area contributed by atoms with Gasteiger partial charge in [0.1, 0.15) is 0 Å². The molecule has 1 aromatic carbocycles. The maximum absolute atomic E-state index is 12.1. The van der Waals surface area contributed by atoms with Crippen molar-refractivity contribution in [2.45, 2.75) is 32.7 Å². The van der Waals surface area contributed by atoms with Crippen molar-refractivity contribution in [3.8, 4) is 0 Å². The first-order valence-corrected chi connectivity index (χ1v) is 7.46. The largest absolute Gasteiger partial charge is 0.349 e. The van der Waals surface area contributed by atoms with Crippen LogP contribution in [0.4, 0.5) is 5.69 Å². The molecular formula is C16H21N3O3. The van der Waals surface area contributed by atoms with Gasteiger partial charge >= 0.3 is 11.8 Å². The van der Waals surface area contributed by atoms with Crippen LogP contribution in [-0.2, 0) is 9.59 Å². The second kappa shape index (κ2) is 7.06. The number of hydrogen-bond acceptors (Lipinski definition) is 3. The van der Waals surface area contributed by atoms with Gasteiger partial charge in [-0.1, -0.05) is 26.0 Å². The lowest BCUT2D eigenvalue weighted by Crippen LogP contribution is -2.37. The molecule has 0 spiro atoms. The standard InChI is InChI=1S/C16H21N3O3/c1-10(2)9-17-15(21)16(22)19-13-6-4-3-5-12(13)14(20)18-11-7-8-11/h3-6,10-11H,7-9H2,1-2H3,(H,17,21)(H,18,20)(H,19,22). The van der Waals surface area contributed by atoms with Gasteiger partial charge in [-0.2, -0.15) is 0 Å². The maximum Gasteiger partial charge on any atom is 0.313 e. The highest BCUT2D eigenvalue weighted by molar-refractivity contribution is 6.40. The minimum absolute atomic E-state index is 0.227. The smallest absolute Gasteiger partial charge is 0.313 e. The molecule has 1 aliphatic rings. The first kappa shape index (κ1) is 16.0. The monoisotopic (exact) mass is 303 g/mol. The summed E-state index contributed by atoms with van der Waals surface area (Å²) in [6.07, 6.45) is 1.97. The molecule has 0 saturated heterocycles. The average Bonchev–Trinajstić information content (AvgIpc) is 3.29. The summed E-state index contributed by atoms with van der Waals surface area (Å²) in [5.74, 6) is -1.45. The Hall–Kier alpha value is -2.37. The minimum atomic E-state index is -0.771. The highest BCUT2D eigenvalue weighted by Gasteiger charge is 2.25. The van der Waals surface area contributed by atoms with E-state index in [4.69, 9.17) is 0 Å². The zero-order valence-electron chi connectivity index (χ0n) is 12.8. The fraction of sp³-hybridized carbons (Fsp3) is 0.438. The molecule has 6 nitrogen and oxygen atoms in total. The van der Waals surface area contributed by atoms with E-state index in [0.717, 1.165) is 12.8 Å². The van der Waals surface area contributed by atoms with E-state index in [1.165, 1.54) is 0 Å². The molecule has 118 valence electrons. The predicted octanol–water partition coefficient (Wildman–Crippen LogP) is 1.29. The molecule has 1 aromatic rings. The van der Waals surface area contributed by atoms with E-state index in [9.17, 15) is 14.4 Å². The third-order valence-electron chi connectivity index (χ3n) is 3.21. The molecule has 6 heteroatoms. The fourth-order valence-electron chi connectivity index (χ4n) is 1.84. The molecule has 0 radical (unpaired) electrons. The molecule has 0 aromatic heterocycles. The van der Waals surface area contributed by atoms with Crippen LogP contribution in [0.25, 0.3) is 0 Å². The Labute approximate surface area is 129 Å². The van der Waals surface area contributed by atoms with Gasteiger partial charge in [-0.15, -0.1) is 0 Å². The second-order valence-corrected chi connectivity index (χ2v) is 5.85. The van der Waals surface area contributed by atoms with E-state index in [1.54, 1.807) is 24.3 Å². The molecule has 0 unspecified atom stereocenters. The zero-order chi connectivity index (χ0) is 16.1. The van der Waals surface area contributed by atoms with E-state index < -0.39 is 11.8 Å². The van der Waals surface area contributed by atoms with Gasteiger partial charge < -0.3 is 16.0 Å². The summed E-state index contributed by atoms with van der Waals surface area (Å²) < 4.78 is 0. The lowest BCUT2D eigenvalue weighted by molar-refractivity contribution is -0.136. The molecule has 3 amide bonds. The van der Waals surface area contributed by atoms with Crippen LogP contribution in [0.5, 0.6) is 0 Å². The number of carbonyl (C=O) groups is 3. The van der Waals surface area contributed by atoms with Gasteiger partial charge in [0.2, 0.25) is 0 Å². The lowest BCUT2D eigenvalue weighted by atomic mass is 10.1. The zero-order valence-corrected chi connectivity index (χ0v) is 12.8. The quantitative estimate of drug-likeness (QED) is 0.716. The minimum Gasteiger partial charge on any atom is -0.349 e. The number of anilines is 1. The van der Waals surface area contributed by atoms with E-state index in [-0.39, 0.29) is 17.9 Å². The predicted molar refractivity (Wildman–Crippen MR) is 83.4 cm³/mol. The fourth-order valence-corrected chi connectivity index (χ4v) is 1.84. The van der Waals surface area contributed by atoms with Gasteiger partial charge in [-0.25, -0.2) is 0 Å². The summed E-state index contributed by atoms with van der Waals surface area (Å²) in [6, 6.07) is 6.88. The molecular weight excluding hydrogens is 282 g/mol. The lowest BCUT2D eigenvalue weighted by Gasteiger charge is -2.11. The third kappa shape index (κ3) is 4.58. The average molecular weight is 303 g/mol. The van der Waals surface area contributed by atoms with Crippen molar-refractivity contribution >= 4 is 23.4 Å². The number of hydrogen-bond donors (Lipinski definition) is 3. The molecule has 1 saturated carbocycles. The van der Waals surface area contributed by atoms with Crippen molar-refractivity contribution in [1.29, 1.82) is 0 Å². The van der Waals surface area contributed by atoms with E-state index in [1.807, 2.05) is 13.8 Å². The van der Waals surface area contributed by atoms with Gasteiger partial charge in [-0.05, 0) is 30.9 Å². The number of amides is 3. The van der Waals surface area contributed by atoms with Crippen LogP contribution < -0.4 is 16.0 Å². The Balaban J connectivity index is 2.00. The molecule has 0 atom stereocenters. The Kier molecular flexibility index (Phi) is 5.14. The van der Waals surface area contributed by atoms with Gasteiger partial charge in [0, 0.05) is 12.6 Å². The number of nitrogens with one attached hydrogen (secondary N) is 3. The van der Waals surface area contributed by atoms with Gasteiger partial charge in [0.05, 0.1) is 11.3 Å². The van der Waals surface area contributed by atoms with Crippen LogP contribution in [0.2, 0.25) is 0 Å². The van der Waals surface area contributed by atoms with Crippen molar-refractivity contribution in [2.24, 2.45) is 5.92 Å². The number of carbonyl (C=O) groups excluding carboxylic acids is 3. The van der Waals surface area contributed by atoms with Crippen molar-refractivity contribution in [3.63, 3.8) is 0 Å². The second-order valence-electron chi connectivity index (χ2n) is 5.85. The number of rotatable bonds is 5. The molecule has 2 rings (SSSR count). The van der Waals surface area contributed by atoms with Crippen molar-refractivity contribution < 1.29 is 14.4 Å². The van der Waals surface area contributed by atoms with Gasteiger partial charge in [0.25, 0.3) is 5.91 Å². The van der Waals surface area contributed by atoms with Gasteiger partial charge in [0.15, 0.2) is 0 Å². The molecule has 0 bridgehead atoms. The summed E-state index contributed by atoms with van der Waals surface area (Å²) >= 11 is 0. The molecule has 0 aliphatic heterocycles. The van der Waals surface area contributed by atoms with Crippen LogP contribution in [0.15, 0.2) is 24.3 Å². The highest BCUT2D eigenvalue weighted by Crippen LogP contribution is 2.21. The Morgan fingerprint density at radius 1 is 1.14 bits per heavy atom. The first-order valence-electron chi connectivity index (χ1n) is 7.46. The summed E-state index contributed by atoms with van der Waals surface area (Å²) in [4.78, 5) is 35.7. The topological polar surface area (TPSA) is 87.3 Å². The molecule has 1 fully saturated rings. The summed E-state index contributed by atoms with van der Waals surface area (Å²) in [7, 11) is 0. The van der Waals surface area contributed by atoms with E-state index >= 15 is 0 Å². The van der Waals surface area contributed by atoms with Crippen LogP contribution in [0.3, 0.4) is 0 Å².